The molecule has 0 aromatic heterocycles. The Morgan fingerprint density at radius 3 is 1.71 bits per heavy atom. The number of fused-ring (bicyclic) bond motifs is 4. The lowest BCUT2D eigenvalue weighted by molar-refractivity contribution is -0.383. The average Bonchev–Trinajstić information content (AvgIpc) is 1.54. The standard InChI is InChI=1S/C68H68N4O14/c1-2-36-76-64(73)55(70-68(74)82-41-54-52-34-20-18-32-50(52)51-33-19-21-35-53(51)54)42-80-66-58(71-72-69)61(60-57(83-66)44-81-65(85-60)49-30-16-7-17-31-49)86-67-63(79-40-48-28-14-6-15-29-48)62(78-39-47-26-12-5-13-27-47)59(77-38-46-24-10-4-11-25-46)56(84-67)43-75-37-45-22-8-3-9-23-45/h2-35,54-63,65-67H,1,36-44H2,(H,70,74)/t55-,56+,57+,58+,59-,60-,61+,62-,63+,65?,66-,67-/m0/s1. The van der Waals surface area contributed by atoms with Crippen LogP contribution in [0.15, 0.2) is 218 Å². The van der Waals surface area contributed by atoms with Gasteiger partial charge in [-0.15, -0.1) is 0 Å². The number of alkyl carbamates (subject to hydrolysis) is 1. The Kier molecular flexibility index (Phi) is 20.7. The van der Waals surface area contributed by atoms with E-state index in [0.717, 1.165) is 44.5 Å². The molecule has 444 valence electrons. The Morgan fingerprint density at radius 1 is 0.593 bits per heavy atom. The molecule has 0 radical (unpaired) electrons. The van der Waals surface area contributed by atoms with E-state index in [1.165, 1.54) is 6.08 Å². The normalized spacial score (nSPS) is 24.4. The second-order valence-electron chi connectivity index (χ2n) is 21.1. The van der Waals surface area contributed by atoms with Gasteiger partial charge >= 0.3 is 12.1 Å². The first-order chi connectivity index (χ1) is 42.4. The van der Waals surface area contributed by atoms with E-state index < -0.39 is 92.4 Å². The summed E-state index contributed by atoms with van der Waals surface area (Å²) in [6, 6.07) is 61.5. The average molecular weight is 1170 g/mol. The van der Waals surface area contributed by atoms with Crippen molar-refractivity contribution >= 4 is 12.1 Å². The molecule has 0 bridgehead atoms. The minimum absolute atomic E-state index is 0.0244. The van der Waals surface area contributed by atoms with E-state index in [2.05, 4.69) is 21.9 Å². The third-order valence-corrected chi connectivity index (χ3v) is 15.4. The summed E-state index contributed by atoms with van der Waals surface area (Å²) in [6.07, 6.45) is -9.99. The summed E-state index contributed by atoms with van der Waals surface area (Å²) in [5.41, 5.74) is 19.0. The van der Waals surface area contributed by atoms with E-state index in [1.54, 1.807) is 0 Å². The van der Waals surface area contributed by atoms with Crippen molar-refractivity contribution in [1.29, 1.82) is 0 Å². The lowest BCUT2D eigenvalue weighted by atomic mass is 9.94. The third kappa shape index (κ3) is 14.9. The molecular weight excluding hydrogens is 1100 g/mol. The summed E-state index contributed by atoms with van der Waals surface area (Å²) >= 11 is 0. The molecular formula is C68H68N4O14. The number of nitrogens with one attached hydrogen (secondary N) is 1. The molecule has 18 nitrogen and oxygen atoms in total. The Balaban J connectivity index is 0.915. The van der Waals surface area contributed by atoms with Crippen LogP contribution in [-0.2, 0) is 88.1 Å². The van der Waals surface area contributed by atoms with Gasteiger partial charge in [-0.2, -0.15) is 0 Å². The van der Waals surface area contributed by atoms with Gasteiger partial charge in [0.15, 0.2) is 24.9 Å². The predicted molar refractivity (Wildman–Crippen MR) is 315 cm³/mol. The number of benzene rings is 7. The molecule has 18 heteroatoms. The van der Waals surface area contributed by atoms with Crippen molar-refractivity contribution in [2.75, 3.05) is 33.0 Å². The van der Waals surface area contributed by atoms with Crippen LogP contribution in [0.1, 0.15) is 51.2 Å². The van der Waals surface area contributed by atoms with Crippen molar-refractivity contribution < 1.29 is 66.4 Å². The van der Waals surface area contributed by atoms with E-state index in [4.69, 9.17) is 56.8 Å². The molecule has 0 spiro atoms. The quantitative estimate of drug-likeness (QED) is 0.0176. The molecule has 86 heavy (non-hydrogen) atoms. The van der Waals surface area contributed by atoms with Crippen molar-refractivity contribution in [3.05, 3.63) is 262 Å². The smallest absolute Gasteiger partial charge is 0.407 e. The summed E-state index contributed by atoms with van der Waals surface area (Å²) in [5.74, 6) is -1.11. The van der Waals surface area contributed by atoms with Gasteiger partial charge in [0, 0.05) is 16.4 Å². The molecule has 11 rings (SSSR count). The van der Waals surface area contributed by atoms with Gasteiger partial charge in [-0.3, -0.25) is 0 Å². The van der Waals surface area contributed by atoms with Crippen LogP contribution >= 0.6 is 0 Å². The number of azide groups is 1. The number of ether oxygens (including phenoxy) is 12. The molecule has 7 aromatic carbocycles. The van der Waals surface area contributed by atoms with Crippen LogP contribution in [0.2, 0.25) is 0 Å². The summed E-state index contributed by atoms with van der Waals surface area (Å²) < 4.78 is 79.6. The van der Waals surface area contributed by atoms with Crippen molar-refractivity contribution in [2.24, 2.45) is 5.11 Å². The molecule has 4 aliphatic rings. The fourth-order valence-electron chi connectivity index (χ4n) is 11.2. The van der Waals surface area contributed by atoms with Crippen molar-refractivity contribution in [1.82, 2.24) is 5.32 Å². The first-order valence-electron chi connectivity index (χ1n) is 28.8. The molecule has 3 heterocycles. The molecule has 3 aliphatic heterocycles. The second kappa shape index (κ2) is 29.8. The number of rotatable bonds is 26. The first kappa shape index (κ1) is 59.7. The SMILES string of the molecule is C=CCOC(=O)[C@H](CO[C@H]1O[C@@H]2COC(c3ccccc3)O[C@@H]2[C@H](O[C@@H]2O[C@H](COCc3ccccc3)[C@H](OCc3ccccc3)[C@H](OCc3ccccc3)[C@H]2OCc2ccccc2)[C@H]1N=[N+]=[N-])NC(=O)OCC1c2ccccc2-c2ccccc21. The first-order valence-corrected chi connectivity index (χ1v) is 28.8. The minimum Gasteiger partial charge on any atom is -0.460 e. The fourth-order valence-corrected chi connectivity index (χ4v) is 11.2. The number of carbonyl (C=O) groups excluding carboxylic acids is 2. The number of esters is 1. The maximum atomic E-state index is 13.9. The van der Waals surface area contributed by atoms with Gasteiger partial charge in [0.05, 0.1) is 46.2 Å². The van der Waals surface area contributed by atoms with Gasteiger partial charge in [0.25, 0.3) is 0 Å². The Bertz CT molecular complexity index is 3280. The monoisotopic (exact) mass is 1160 g/mol. The molecule has 1 unspecified atom stereocenters. The third-order valence-electron chi connectivity index (χ3n) is 15.4. The zero-order chi connectivity index (χ0) is 58.9. The van der Waals surface area contributed by atoms with E-state index in [0.29, 0.717) is 5.56 Å². The van der Waals surface area contributed by atoms with Gasteiger partial charge in [-0.05, 0) is 50.0 Å². The maximum Gasteiger partial charge on any atom is 0.407 e. The topological polar surface area (TPSA) is 206 Å². The number of amides is 1. The number of nitrogens with zero attached hydrogens (tertiary/aromatic N) is 3. The van der Waals surface area contributed by atoms with Crippen LogP contribution in [0.4, 0.5) is 4.79 Å². The van der Waals surface area contributed by atoms with E-state index in [9.17, 15) is 15.1 Å². The summed E-state index contributed by atoms with van der Waals surface area (Å²) in [7, 11) is 0. The lowest BCUT2D eigenvalue weighted by Gasteiger charge is -2.51. The molecule has 1 N–H and O–H groups in total. The highest BCUT2D eigenvalue weighted by Gasteiger charge is 2.56. The second-order valence-corrected chi connectivity index (χ2v) is 21.1. The molecule has 7 aromatic rings. The zero-order valence-corrected chi connectivity index (χ0v) is 47.3. The van der Waals surface area contributed by atoms with Crippen LogP contribution in [0, 0.1) is 0 Å². The lowest BCUT2D eigenvalue weighted by Crippen LogP contribution is -2.67. The number of carbonyl (C=O) groups is 2. The summed E-state index contributed by atoms with van der Waals surface area (Å²) in [5, 5.41) is 6.96. The maximum absolute atomic E-state index is 13.9. The fraction of sp³-hybridized carbons (Fsp3) is 0.324. The number of hydrogen-bond acceptors (Lipinski definition) is 15. The molecule has 1 amide bonds. The van der Waals surface area contributed by atoms with Crippen LogP contribution in [-0.4, -0.2) is 112 Å². The Hall–Kier alpha value is -8.07. The highest BCUT2D eigenvalue weighted by molar-refractivity contribution is 5.82. The van der Waals surface area contributed by atoms with Crippen molar-refractivity contribution in [2.45, 2.75) is 106 Å². The zero-order valence-electron chi connectivity index (χ0n) is 47.3. The van der Waals surface area contributed by atoms with Crippen molar-refractivity contribution in [3.8, 4) is 11.1 Å². The van der Waals surface area contributed by atoms with Gasteiger partial charge in [0.1, 0.15) is 62.0 Å². The largest absolute Gasteiger partial charge is 0.460 e. The van der Waals surface area contributed by atoms with Gasteiger partial charge < -0.3 is 62.2 Å². The van der Waals surface area contributed by atoms with Crippen LogP contribution in [0.3, 0.4) is 0 Å². The summed E-state index contributed by atoms with van der Waals surface area (Å²) in [6.45, 7) is 3.66. The molecule has 12 atom stereocenters. The molecule has 1 aliphatic carbocycles. The predicted octanol–water partition coefficient (Wildman–Crippen LogP) is 11.2. The highest BCUT2D eigenvalue weighted by Crippen LogP contribution is 2.45. The van der Waals surface area contributed by atoms with Gasteiger partial charge in [-0.1, -0.05) is 218 Å². The van der Waals surface area contributed by atoms with Gasteiger partial charge in [0.2, 0.25) is 0 Å². The van der Waals surface area contributed by atoms with Crippen LogP contribution in [0.5, 0.6) is 0 Å². The Labute approximate surface area is 499 Å². The van der Waals surface area contributed by atoms with E-state index in [1.807, 2.05) is 200 Å². The van der Waals surface area contributed by atoms with Gasteiger partial charge in [-0.25, -0.2) is 9.59 Å². The Morgan fingerprint density at radius 2 is 1.13 bits per heavy atom. The molecule has 3 fully saturated rings. The number of hydrogen-bond donors (Lipinski definition) is 1. The molecule has 3 saturated heterocycles. The highest BCUT2D eigenvalue weighted by atomic mass is 16.8. The molecule has 0 saturated carbocycles. The van der Waals surface area contributed by atoms with Crippen LogP contribution in [0.25, 0.3) is 21.6 Å². The minimum atomic E-state index is -1.46. The van der Waals surface area contributed by atoms with E-state index >= 15 is 0 Å². The van der Waals surface area contributed by atoms with Crippen molar-refractivity contribution in [3.63, 3.8) is 0 Å². The van der Waals surface area contributed by atoms with Crippen LogP contribution < -0.4 is 5.32 Å². The summed E-state index contributed by atoms with van der Waals surface area (Å²) in [4.78, 5) is 31.0. The van der Waals surface area contributed by atoms with E-state index in [-0.39, 0.29) is 58.8 Å².